The molecule has 7 nitrogen and oxygen atoms in total. The molecular weight excluding hydrogens is 417 g/mol. The first kappa shape index (κ1) is 18.9. The monoisotopic (exact) mass is 427 g/mol. The number of phenols is 1. The number of nitrogens with zero attached hydrogens (tertiary/aromatic N) is 3. The van der Waals surface area contributed by atoms with E-state index in [0.717, 1.165) is 0 Å². The van der Waals surface area contributed by atoms with Gasteiger partial charge in [-0.25, -0.2) is 4.98 Å². The maximum absolute atomic E-state index is 10.9. The lowest BCUT2D eigenvalue weighted by Gasteiger charge is -1.99. The van der Waals surface area contributed by atoms with Crippen molar-refractivity contribution in [2.24, 2.45) is 4.99 Å². The molecule has 4 rings (SSSR count). The molecule has 0 amide bonds. The first-order chi connectivity index (χ1) is 13.9. The Hall–Kier alpha value is -3.42. The minimum Gasteiger partial charge on any atom is -0.502 e. The van der Waals surface area contributed by atoms with Crippen LogP contribution in [0.25, 0.3) is 22.6 Å². The number of aromatic nitrogens is 1. The molecule has 0 aliphatic carbocycles. The highest BCUT2D eigenvalue weighted by atomic mass is 35.5. The lowest BCUT2D eigenvalue weighted by Crippen LogP contribution is -1.91. The van der Waals surface area contributed by atoms with Gasteiger partial charge in [0.25, 0.3) is 0 Å². The van der Waals surface area contributed by atoms with Crippen molar-refractivity contribution in [3.05, 3.63) is 80.3 Å². The van der Waals surface area contributed by atoms with Crippen LogP contribution in [0.4, 0.5) is 11.4 Å². The summed E-state index contributed by atoms with van der Waals surface area (Å²) in [5, 5.41) is 21.9. The predicted octanol–water partition coefficient (Wildman–Crippen LogP) is 6.17. The number of nitro groups is 1. The van der Waals surface area contributed by atoms with Crippen LogP contribution in [0.5, 0.6) is 5.75 Å². The molecule has 0 unspecified atom stereocenters. The molecule has 0 saturated carbocycles. The molecule has 0 aliphatic heterocycles. The Morgan fingerprint density at radius 1 is 1.14 bits per heavy atom. The minimum absolute atomic E-state index is 0.230. The third kappa shape index (κ3) is 3.78. The highest BCUT2D eigenvalue weighted by molar-refractivity contribution is 6.36. The molecule has 0 saturated heterocycles. The largest absolute Gasteiger partial charge is 0.502 e. The molecule has 144 valence electrons. The van der Waals surface area contributed by atoms with E-state index in [-0.39, 0.29) is 11.3 Å². The standard InChI is InChI=1S/C20H11Cl2N3O4/c21-12-4-6-14(15(22)8-12)20-24-16-9-13(5-7-18(16)29-20)23-10-11-2-1-3-17(19(11)26)25(27)28/h1-10,26H. The molecule has 0 spiro atoms. The average molecular weight is 428 g/mol. The number of rotatable bonds is 4. The summed E-state index contributed by atoms with van der Waals surface area (Å²) in [6.45, 7) is 0. The second-order valence-electron chi connectivity index (χ2n) is 6.03. The maximum Gasteiger partial charge on any atom is 0.311 e. The number of aliphatic imine (C=N–C) groups is 1. The number of benzene rings is 3. The van der Waals surface area contributed by atoms with Crippen LogP contribution >= 0.6 is 23.2 Å². The summed E-state index contributed by atoms with van der Waals surface area (Å²) in [4.78, 5) is 19.0. The van der Waals surface area contributed by atoms with Crippen molar-refractivity contribution in [1.29, 1.82) is 0 Å². The molecule has 1 N–H and O–H groups in total. The average Bonchev–Trinajstić information content (AvgIpc) is 3.09. The smallest absolute Gasteiger partial charge is 0.311 e. The third-order valence-corrected chi connectivity index (χ3v) is 4.68. The number of aromatic hydroxyl groups is 1. The van der Waals surface area contributed by atoms with Crippen LogP contribution in [-0.2, 0) is 0 Å². The van der Waals surface area contributed by atoms with Gasteiger partial charge in [-0.05, 0) is 42.5 Å². The van der Waals surface area contributed by atoms with Crippen molar-refractivity contribution in [3.8, 4) is 17.2 Å². The lowest BCUT2D eigenvalue weighted by atomic mass is 10.2. The van der Waals surface area contributed by atoms with Gasteiger partial charge in [-0.1, -0.05) is 29.3 Å². The van der Waals surface area contributed by atoms with Gasteiger partial charge < -0.3 is 9.52 Å². The summed E-state index contributed by atoms with van der Waals surface area (Å²) in [7, 11) is 0. The summed E-state index contributed by atoms with van der Waals surface area (Å²) >= 11 is 12.1. The van der Waals surface area contributed by atoms with E-state index in [4.69, 9.17) is 27.6 Å². The van der Waals surface area contributed by atoms with Crippen LogP contribution in [-0.4, -0.2) is 21.2 Å². The van der Waals surface area contributed by atoms with Crippen molar-refractivity contribution >= 4 is 51.9 Å². The molecule has 0 aliphatic rings. The molecule has 4 aromatic rings. The summed E-state index contributed by atoms with van der Waals surface area (Å²) in [6.07, 6.45) is 1.35. The fraction of sp³-hybridized carbons (Fsp3) is 0. The first-order valence-corrected chi connectivity index (χ1v) is 9.04. The molecule has 0 bridgehead atoms. The Kier molecular flexibility index (Phi) is 4.92. The number of hydrogen-bond acceptors (Lipinski definition) is 6. The van der Waals surface area contributed by atoms with E-state index in [1.165, 1.54) is 24.4 Å². The van der Waals surface area contributed by atoms with Crippen molar-refractivity contribution < 1.29 is 14.4 Å². The van der Waals surface area contributed by atoms with Gasteiger partial charge in [-0.3, -0.25) is 15.1 Å². The zero-order chi connectivity index (χ0) is 20.5. The van der Waals surface area contributed by atoms with E-state index in [1.807, 2.05) is 0 Å². The summed E-state index contributed by atoms with van der Waals surface area (Å²) in [6, 6.07) is 14.3. The molecule has 29 heavy (non-hydrogen) atoms. The van der Waals surface area contributed by atoms with Crippen LogP contribution in [0.1, 0.15) is 5.56 Å². The minimum atomic E-state index is -0.655. The molecular formula is C20H11Cl2N3O4. The second-order valence-corrected chi connectivity index (χ2v) is 6.87. The Balaban J connectivity index is 1.67. The Labute approximate surface area is 174 Å². The molecule has 0 atom stereocenters. The Morgan fingerprint density at radius 2 is 1.97 bits per heavy atom. The van der Waals surface area contributed by atoms with Gasteiger partial charge in [0, 0.05) is 22.9 Å². The van der Waals surface area contributed by atoms with Crippen LogP contribution in [0.15, 0.2) is 64.0 Å². The van der Waals surface area contributed by atoms with Gasteiger partial charge in [0.1, 0.15) is 5.52 Å². The summed E-state index contributed by atoms with van der Waals surface area (Å²) in [5.74, 6) is -0.0949. The molecule has 0 radical (unpaired) electrons. The van der Waals surface area contributed by atoms with E-state index in [2.05, 4.69) is 9.98 Å². The van der Waals surface area contributed by atoms with E-state index in [9.17, 15) is 15.2 Å². The SMILES string of the molecule is O=[N+]([O-])c1cccc(C=Nc2ccc3oc(-c4ccc(Cl)cc4Cl)nc3c2)c1O. The summed E-state index contributed by atoms with van der Waals surface area (Å²) < 4.78 is 5.75. The van der Waals surface area contributed by atoms with Gasteiger partial charge in [-0.2, -0.15) is 0 Å². The predicted molar refractivity (Wildman–Crippen MR) is 111 cm³/mol. The Bertz CT molecular complexity index is 1280. The van der Waals surface area contributed by atoms with Gasteiger partial charge in [0.05, 0.1) is 21.2 Å². The molecule has 3 aromatic carbocycles. The number of phenolic OH excluding ortho intramolecular Hbond substituents is 1. The normalized spacial score (nSPS) is 11.4. The first-order valence-electron chi connectivity index (χ1n) is 8.29. The number of para-hydroxylation sites is 1. The van der Waals surface area contributed by atoms with Gasteiger partial charge >= 0.3 is 5.69 Å². The van der Waals surface area contributed by atoms with E-state index < -0.39 is 10.7 Å². The van der Waals surface area contributed by atoms with E-state index in [1.54, 1.807) is 36.4 Å². The molecule has 1 aromatic heterocycles. The summed E-state index contributed by atoms with van der Waals surface area (Å²) in [5.41, 5.74) is 2.09. The molecule has 1 heterocycles. The topological polar surface area (TPSA) is 102 Å². The van der Waals surface area contributed by atoms with Crippen LogP contribution in [0.2, 0.25) is 10.0 Å². The number of hydrogen-bond donors (Lipinski definition) is 1. The quantitative estimate of drug-likeness (QED) is 0.238. The molecule has 0 fully saturated rings. The number of nitro benzene ring substituents is 1. The van der Waals surface area contributed by atoms with Crippen molar-refractivity contribution in [3.63, 3.8) is 0 Å². The second kappa shape index (κ2) is 7.54. The number of fused-ring (bicyclic) bond motifs is 1. The van der Waals surface area contributed by atoms with E-state index in [0.29, 0.717) is 38.3 Å². The number of halogens is 2. The maximum atomic E-state index is 10.9. The van der Waals surface area contributed by atoms with E-state index >= 15 is 0 Å². The third-order valence-electron chi connectivity index (χ3n) is 4.13. The Morgan fingerprint density at radius 3 is 2.72 bits per heavy atom. The molecule has 9 heteroatoms. The number of oxazole rings is 1. The van der Waals surface area contributed by atoms with Gasteiger partial charge in [-0.15, -0.1) is 0 Å². The van der Waals surface area contributed by atoms with Gasteiger partial charge in [0.2, 0.25) is 11.6 Å². The lowest BCUT2D eigenvalue weighted by molar-refractivity contribution is -0.385. The van der Waals surface area contributed by atoms with Crippen LogP contribution < -0.4 is 0 Å². The zero-order valence-electron chi connectivity index (χ0n) is 14.5. The fourth-order valence-corrected chi connectivity index (χ4v) is 3.21. The zero-order valence-corrected chi connectivity index (χ0v) is 16.1. The van der Waals surface area contributed by atoms with Gasteiger partial charge in [0.15, 0.2) is 5.58 Å². The highest BCUT2D eigenvalue weighted by Crippen LogP contribution is 2.33. The van der Waals surface area contributed by atoms with Crippen LogP contribution in [0, 0.1) is 10.1 Å². The van der Waals surface area contributed by atoms with Crippen molar-refractivity contribution in [2.45, 2.75) is 0 Å². The fourth-order valence-electron chi connectivity index (χ4n) is 2.72. The highest BCUT2D eigenvalue weighted by Gasteiger charge is 2.15. The van der Waals surface area contributed by atoms with Crippen molar-refractivity contribution in [1.82, 2.24) is 4.98 Å². The van der Waals surface area contributed by atoms with Crippen molar-refractivity contribution in [2.75, 3.05) is 0 Å². The van der Waals surface area contributed by atoms with Crippen LogP contribution in [0.3, 0.4) is 0 Å².